The number of aromatic nitrogens is 1. The van der Waals surface area contributed by atoms with E-state index in [2.05, 4.69) is 211 Å². The number of fused-ring (bicyclic) bond motifs is 3. The number of unbranched alkanes of at least 4 members (excludes halogenated alkanes) is 3. The molecule has 1 aromatic heterocycles. The monoisotopic (exact) mass is 822 g/mol. The van der Waals surface area contributed by atoms with E-state index in [-0.39, 0.29) is 0 Å². The van der Waals surface area contributed by atoms with Crippen LogP contribution in [0, 0.1) is 0 Å². The van der Waals surface area contributed by atoms with Gasteiger partial charge in [-0.3, -0.25) is 0 Å². The molecule has 0 N–H and O–H groups in total. The Morgan fingerprint density at radius 2 is 0.935 bits per heavy atom. The van der Waals surface area contributed by atoms with Crippen molar-refractivity contribution in [1.82, 2.24) is 4.57 Å². The lowest BCUT2D eigenvalue weighted by atomic mass is 9.79. The predicted molar refractivity (Wildman–Crippen MR) is 260 cm³/mol. The van der Waals surface area contributed by atoms with Crippen molar-refractivity contribution in [3.8, 4) is 16.8 Å². The number of para-hydroxylation sites is 1. The summed E-state index contributed by atoms with van der Waals surface area (Å²) in [5.41, 5.74) is 10.8. The molecule has 6 nitrogen and oxygen atoms in total. The van der Waals surface area contributed by atoms with Gasteiger partial charge in [-0.15, -0.1) is 0 Å². The van der Waals surface area contributed by atoms with Crippen LogP contribution in [0.3, 0.4) is 0 Å². The Kier molecular flexibility index (Phi) is 11.0. The lowest BCUT2D eigenvalue weighted by Gasteiger charge is -2.32. The van der Waals surface area contributed by atoms with Gasteiger partial charge in [0.1, 0.15) is 0 Å². The maximum Gasteiger partial charge on any atom is 0.494 e. The van der Waals surface area contributed by atoms with Gasteiger partial charge in [-0.2, -0.15) is 0 Å². The fraction of sp³-hybridized carbons (Fsp3) is 0.333. The molecular formula is C54H60B2N2O4. The highest BCUT2D eigenvalue weighted by Crippen LogP contribution is 2.41. The fourth-order valence-corrected chi connectivity index (χ4v) is 8.77. The molecule has 9 rings (SSSR count). The van der Waals surface area contributed by atoms with Crippen molar-refractivity contribution in [2.24, 2.45) is 0 Å². The standard InChI is InChI=1S/C54H60B2N2O4/c1-10-11-12-13-16-38-19-28-46(29-20-38)58-49-18-15-14-17-47(49)48-37-40(23-36-50(48)58)39-21-30-43(31-22-39)57(44-32-24-41(25-33-44)55-59-51(2,3)52(4,5)60-55)45-34-26-42(27-35-45)56-61-53(6,7)54(8,9)62-56/h14-15,17-37H,10-13,16H2,1-9H3. The molecule has 7 aromatic rings. The van der Waals surface area contributed by atoms with Crippen molar-refractivity contribution >= 4 is 64.0 Å². The van der Waals surface area contributed by atoms with Gasteiger partial charge in [0.15, 0.2) is 0 Å². The zero-order valence-electron chi connectivity index (χ0n) is 38.0. The summed E-state index contributed by atoms with van der Waals surface area (Å²) in [5.74, 6) is 0. The molecule has 0 radical (unpaired) electrons. The Morgan fingerprint density at radius 3 is 1.45 bits per heavy atom. The molecule has 0 amide bonds. The van der Waals surface area contributed by atoms with Gasteiger partial charge in [0, 0.05) is 33.5 Å². The van der Waals surface area contributed by atoms with E-state index in [0.29, 0.717) is 0 Å². The Hall–Kier alpha value is -5.11. The van der Waals surface area contributed by atoms with Crippen molar-refractivity contribution in [2.75, 3.05) is 4.90 Å². The van der Waals surface area contributed by atoms with E-state index >= 15 is 0 Å². The Bertz CT molecular complexity index is 2570. The molecule has 8 heteroatoms. The predicted octanol–water partition coefficient (Wildman–Crippen LogP) is 12.6. The Labute approximate surface area is 369 Å². The van der Waals surface area contributed by atoms with Gasteiger partial charge < -0.3 is 28.1 Å². The molecule has 2 aliphatic rings. The maximum absolute atomic E-state index is 6.40. The number of hydrogen-bond donors (Lipinski definition) is 0. The number of benzene rings is 6. The van der Waals surface area contributed by atoms with Crippen LogP contribution in [0.2, 0.25) is 0 Å². The summed E-state index contributed by atoms with van der Waals surface area (Å²) in [5, 5.41) is 2.50. The van der Waals surface area contributed by atoms with E-state index in [4.69, 9.17) is 18.6 Å². The second kappa shape index (κ2) is 16.2. The average molecular weight is 823 g/mol. The number of rotatable bonds is 12. The highest BCUT2D eigenvalue weighted by molar-refractivity contribution is 6.62. The molecule has 0 unspecified atom stereocenters. The van der Waals surface area contributed by atoms with Crippen molar-refractivity contribution in [3.63, 3.8) is 0 Å². The van der Waals surface area contributed by atoms with Crippen LogP contribution in [0.25, 0.3) is 38.6 Å². The zero-order valence-corrected chi connectivity index (χ0v) is 38.0. The largest absolute Gasteiger partial charge is 0.494 e. The topological polar surface area (TPSA) is 45.1 Å². The first-order chi connectivity index (χ1) is 29.6. The second-order valence-corrected chi connectivity index (χ2v) is 19.3. The summed E-state index contributed by atoms with van der Waals surface area (Å²) in [7, 11) is -0.865. The SMILES string of the molecule is CCCCCCc1ccc(-n2c3ccccc3c3cc(-c4ccc(N(c5ccc(B6OC(C)(C)C(C)(C)O6)cc5)c5ccc(B6OC(C)(C)C(C)(C)O6)cc5)cc4)ccc32)cc1. The number of aryl methyl sites for hydroxylation is 1. The summed E-state index contributed by atoms with van der Waals surface area (Å²) in [6.45, 7) is 19.0. The van der Waals surface area contributed by atoms with E-state index in [1.165, 1.54) is 64.3 Å². The first-order valence-corrected chi connectivity index (χ1v) is 22.6. The average Bonchev–Trinajstić information content (AvgIpc) is 3.80. The van der Waals surface area contributed by atoms with Crippen LogP contribution in [0.1, 0.15) is 93.6 Å². The fourth-order valence-electron chi connectivity index (χ4n) is 8.77. The minimum atomic E-state index is -0.432. The van der Waals surface area contributed by atoms with E-state index in [0.717, 1.165) is 40.0 Å². The molecule has 0 aliphatic carbocycles. The molecule has 0 spiro atoms. The van der Waals surface area contributed by atoms with E-state index in [1.807, 2.05) is 0 Å². The van der Waals surface area contributed by atoms with Crippen molar-refractivity contribution in [2.45, 2.75) is 117 Å². The highest BCUT2D eigenvalue weighted by Gasteiger charge is 2.52. The third-order valence-corrected chi connectivity index (χ3v) is 14.0. The van der Waals surface area contributed by atoms with Crippen molar-refractivity contribution < 1.29 is 18.6 Å². The van der Waals surface area contributed by atoms with Gasteiger partial charge in [0.05, 0.1) is 33.4 Å². The minimum absolute atomic E-state index is 0.413. The molecule has 2 saturated heterocycles. The summed E-state index contributed by atoms with van der Waals surface area (Å²) < 4.78 is 28.0. The number of anilines is 3. The summed E-state index contributed by atoms with van der Waals surface area (Å²) in [6, 6.07) is 50.9. The first-order valence-electron chi connectivity index (χ1n) is 22.6. The van der Waals surface area contributed by atoms with E-state index in [1.54, 1.807) is 0 Å². The molecular weight excluding hydrogens is 762 g/mol. The van der Waals surface area contributed by atoms with Gasteiger partial charge in [-0.25, -0.2) is 0 Å². The Morgan fingerprint density at radius 1 is 0.468 bits per heavy atom. The number of hydrogen-bond acceptors (Lipinski definition) is 5. The summed E-state index contributed by atoms with van der Waals surface area (Å²) in [6.07, 6.45) is 6.25. The minimum Gasteiger partial charge on any atom is -0.399 e. The second-order valence-electron chi connectivity index (χ2n) is 19.3. The lowest BCUT2D eigenvalue weighted by molar-refractivity contribution is 0.00578. The molecule has 0 saturated carbocycles. The smallest absolute Gasteiger partial charge is 0.399 e. The zero-order chi connectivity index (χ0) is 43.4. The summed E-state index contributed by atoms with van der Waals surface area (Å²) in [4.78, 5) is 2.29. The molecule has 2 fully saturated rings. The maximum atomic E-state index is 6.40. The molecule has 0 bridgehead atoms. The van der Waals surface area contributed by atoms with Crippen LogP contribution in [0.15, 0.2) is 140 Å². The van der Waals surface area contributed by atoms with Crippen LogP contribution >= 0.6 is 0 Å². The van der Waals surface area contributed by atoms with Gasteiger partial charge in [-0.05, 0) is 163 Å². The first kappa shape index (κ1) is 42.2. The van der Waals surface area contributed by atoms with Crippen LogP contribution in [0.4, 0.5) is 17.1 Å². The van der Waals surface area contributed by atoms with Gasteiger partial charge in [0.2, 0.25) is 0 Å². The van der Waals surface area contributed by atoms with Crippen LogP contribution < -0.4 is 15.8 Å². The molecule has 0 atom stereocenters. The lowest BCUT2D eigenvalue weighted by Crippen LogP contribution is -2.41. The van der Waals surface area contributed by atoms with Crippen molar-refractivity contribution in [3.05, 3.63) is 145 Å². The van der Waals surface area contributed by atoms with Crippen LogP contribution in [0.5, 0.6) is 0 Å². The highest BCUT2D eigenvalue weighted by atomic mass is 16.7. The summed E-state index contributed by atoms with van der Waals surface area (Å²) >= 11 is 0. The molecule has 316 valence electrons. The molecule has 6 aromatic carbocycles. The van der Waals surface area contributed by atoms with Crippen LogP contribution in [-0.2, 0) is 25.0 Å². The van der Waals surface area contributed by atoms with Gasteiger partial charge >= 0.3 is 14.2 Å². The van der Waals surface area contributed by atoms with Crippen LogP contribution in [-0.4, -0.2) is 41.2 Å². The third-order valence-electron chi connectivity index (χ3n) is 14.0. The van der Waals surface area contributed by atoms with E-state index < -0.39 is 36.6 Å². The van der Waals surface area contributed by atoms with Gasteiger partial charge in [-0.1, -0.05) is 99.0 Å². The number of nitrogens with zero attached hydrogens (tertiary/aromatic N) is 2. The quantitative estimate of drug-likeness (QED) is 0.0907. The van der Waals surface area contributed by atoms with E-state index in [9.17, 15) is 0 Å². The molecule has 62 heavy (non-hydrogen) atoms. The molecule has 3 heterocycles. The third kappa shape index (κ3) is 7.81. The Balaban J connectivity index is 1.03. The van der Waals surface area contributed by atoms with Crippen molar-refractivity contribution in [1.29, 1.82) is 0 Å². The molecule has 2 aliphatic heterocycles. The van der Waals surface area contributed by atoms with Gasteiger partial charge in [0.25, 0.3) is 0 Å². The normalized spacial score (nSPS) is 17.6.